The predicted octanol–water partition coefficient (Wildman–Crippen LogP) is 1.58. The molecule has 0 bridgehead atoms. The maximum atomic E-state index is 5.33. The third-order valence-corrected chi connectivity index (χ3v) is 3.02. The highest BCUT2D eigenvalue weighted by Crippen LogP contribution is 2.18. The summed E-state index contributed by atoms with van der Waals surface area (Å²) in [7, 11) is 0. The Morgan fingerprint density at radius 2 is 1.77 bits per heavy atom. The first-order chi connectivity index (χ1) is 6.45. The van der Waals surface area contributed by atoms with Gasteiger partial charge in [0.25, 0.3) is 0 Å². The Morgan fingerprint density at radius 3 is 2.46 bits per heavy atom. The monoisotopic (exact) mass is 181 g/mol. The summed E-state index contributed by atoms with van der Waals surface area (Å²) in [5.74, 6) is 1.58. The molecule has 0 aromatic rings. The van der Waals surface area contributed by atoms with Gasteiger partial charge in [0, 0.05) is 19.8 Å². The van der Waals surface area contributed by atoms with Gasteiger partial charge in [-0.3, -0.25) is 0 Å². The lowest BCUT2D eigenvalue weighted by Crippen LogP contribution is -2.14. The second kappa shape index (κ2) is 4.77. The van der Waals surface area contributed by atoms with E-state index in [0.717, 1.165) is 25.0 Å². The first-order valence-corrected chi connectivity index (χ1v) is 5.42. The molecule has 2 nitrogen and oxygen atoms in total. The first-order valence-electron chi connectivity index (χ1n) is 5.42. The van der Waals surface area contributed by atoms with E-state index in [1.807, 2.05) is 0 Å². The summed E-state index contributed by atoms with van der Waals surface area (Å²) >= 11 is 0. The van der Waals surface area contributed by atoms with Crippen LogP contribution in [-0.2, 0) is 4.74 Å². The molecule has 0 amide bonds. The van der Waals surface area contributed by atoms with Crippen LogP contribution in [0.3, 0.4) is 0 Å². The van der Waals surface area contributed by atoms with E-state index >= 15 is 0 Å². The maximum Gasteiger partial charge on any atom is 0.0471 e. The van der Waals surface area contributed by atoms with E-state index in [4.69, 9.17) is 4.74 Å². The van der Waals surface area contributed by atoms with E-state index in [2.05, 4.69) is 17.5 Å². The van der Waals surface area contributed by atoms with Crippen molar-refractivity contribution >= 4 is 0 Å². The smallest absolute Gasteiger partial charge is 0.0471 e. The van der Waals surface area contributed by atoms with E-state index in [1.165, 1.54) is 32.4 Å². The van der Waals surface area contributed by atoms with Gasteiger partial charge in [-0.25, -0.2) is 0 Å². The van der Waals surface area contributed by atoms with Crippen LogP contribution >= 0.6 is 0 Å². The van der Waals surface area contributed by atoms with Crippen LogP contribution in [0, 0.1) is 11.8 Å². The lowest BCUT2D eigenvalue weighted by molar-refractivity contribution is 0.0784. The van der Waals surface area contributed by atoms with Gasteiger partial charge in [-0.05, 0) is 37.6 Å². The molecular formula is C11H19NO. The van der Waals surface area contributed by atoms with Crippen molar-refractivity contribution in [1.82, 2.24) is 5.32 Å². The highest BCUT2D eigenvalue weighted by molar-refractivity contribution is 4.96. The van der Waals surface area contributed by atoms with E-state index in [-0.39, 0.29) is 0 Å². The van der Waals surface area contributed by atoms with Crippen LogP contribution in [0.15, 0.2) is 12.2 Å². The third-order valence-electron chi connectivity index (χ3n) is 3.02. The maximum absolute atomic E-state index is 5.33. The second-order valence-corrected chi connectivity index (χ2v) is 4.09. The Kier molecular flexibility index (Phi) is 3.39. The van der Waals surface area contributed by atoms with Crippen molar-refractivity contribution in [2.45, 2.75) is 19.3 Å². The lowest BCUT2D eigenvalue weighted by Gasteiger charge is -2.18. The van der Waals surface area contributed by atoms with Crippen LogP contribution in [0.5, 0.6) is 0 Å². The molecule has 13 heavy (non-hydrogen) atoms. The molecule has 0 spiro atoms. The van der Waals surface area contributed by atoms with E-state index in [1.54, 1.807) is 0 Å². The van der Waals surface area contributed by atoms with Crippen molar-refractivity contribution in [3.8, 4) is 0 Å². The molecule has 2 aliphatic rings. The summed E-state index contributed by atoms with van der Waals surface area (Å²) in [5, 5.41) is 3.38. The number of nitrogens with one attached hydrogen (secondary N) is 1. The highest BCUT2D eigenvalue weighted by atomic mass is 16.5. The number of ether oxygens (including phenoxy) is 1. The molecule has 2 heterocycles. The predicted molar refractivity (Wildman–Crippen MR) is 53.7 cm³/mol. The summed E-state index contributed by atoms with van der Waals surface area (Å²) in [6, 6.07) is 0. The number of hydrogen-bond acceptors (Lipinski definition) is 2. The fourth-order valence-corrected chi connectivity index (χ4v) is 2.06. The molecule has 2 saturated heterocycles. The van der Waals surface area contributed by atoms with Crippen LogP contribution in [0.2, 0.25) is 0 Å². The van der Waals surface area contributed by atoms with Crippen molar-refractivity contribution < 1.29 is 4.74 Å². The van der Waals surface area contributed by atoms with Crippen LogP contribution in [-0.4, -0.2) is 26.3 Å². The molecule has 2 rings (SSSR count). The van der Waals surface area contributed by atoms with Crippen molar-refractivity contribution in [2.75, 3.05) is 26.3 Å². The van der Waals surface area contributed by atoms with Crippen molar-refractivity contribution in [2.24, 2.45) is 11.8 Å². The highest BCUT2D eigenvalue weighted by Gasteiger charge is 2.13. The van der Waals surface area contributed by atoms with Crippen molar-refractivity contribution in [1.29, 1.82) is 0 Å². The Bertz CT molecular complexity index is 167. The fourth-order valence-electron chi connectivity index (χ4n) is 2.06. The molecule has 1 unspecified atom stereocenters. The zero-order valence-electron chi connectivity index (χ0n) is 8.17. The van der Waals surface area contributed by atoms with Gasteiger partial charge in [-0.2, -0.15) is 0 Å². The molecule has 1 atom stereocenters. The zero-order chi connectivity index (χ0) is 8.93. The normalized spacial score (nSPS) is 31.5. The first kappa shape index (κ1) is 9.22. The van der Waals surface area contributed by atoms with Gasteiger partial charge in [-0.1, -0.05) is 12.2 Å². The third kappa shape index (κ3) is 2.82. The lowest BCUT2D eigenvalue weighted by atomic mass is 9.97. The molecular weight excluding hydrogens is 162 g/mol. The van der Waals surface area contributed by atoms with Gasteiger partial charge in [0.15, 0.2) is 0 Å². The number of rotatable bonds is 2. The average Bonchev–Trinajstić information content (AvgIpc) is 2.69. The van der Waals surface area contributed by atoms with E-state index in [0.29, 0.717) is 0 Å². The zero-order valence-corrected chi connectivity index (χ0v) is 8.17. The van der Waals surface area contributed by atoms with Crippen molar-refractivity contribution in [3.63, 3.8) is 0 Å². The number of allylic oxidation sites excluding steroid dienone is 1. The Balaban J connectivity index is 1.74. The minimum atomic E-state index is 0.786. The molecule has 2 aliphatic heterocycles. The molecule has 2 heteroatoms. The van der Waals surface area contributed by atoms with Gasteiger partial charge in [0.2, 0.25) is 0 Å². The quantitative estimate of drug-likeness (QED) is 0.653. The summed E-state index contributed by atoms with van der Waals surface area (Å²) in [4.78, 5) is 0. The fraction of sp³-hybridized carbons (Fsp3) is 0.818. The van der Waals surface area contributed by atoms with Crippen LogP contribution < -0.4 is 5.32 Å². The van der Waals surface area contributed by atoms with Crippen LogP contribution in [0.4, 0.5) is 0 Å². The van der Waals surface area contributed by atoms with Gasteiger partial charge >= 0.3 is 0 Å². The van der Waals surface area contributed by atoms with Crippen LogP contribution in [0.25, 0.3) is 0 Å². The molecule has 2 fully saturated rings. The van der Waals surface area contributed by atoms with Gasteiger partial charge in [0.1, 0.15) is 0 Å². The summed E-state index contributed by atoms with van der Waals surface area (Å²) < 4.78 is 5.33. The van der Waals surface area contributed by atoms with E-state index in [9.17, 15) is 0 Å². The molecule has 0 radical (unpaired) electrons. The topological polar surface area (TPSA) is 21.3 Å². The van der Waals surface area contributed by atoms with Gasteiger partial charge < -0.3 is 10.1 Å². The summed E-state index contributed by atoms with van der Waals surface area (Å²) in [6.07, 6.45) is 8.59. The summed E-state index contributed by atoms with van der Waals surface area (Å²) in [6.45, 7) is 4.29. The number of hydrogen-bond donors (Lipinski definition) is 1. The molecule has 0 aromatic heterocycles. The average molecular weight is 181 g/mol. The summed E-state index contributed by atoms with van der Waals surface area (Å²) in [5.41, 5.74) is 0. The van der Waals surface area contributed by atoms with Crippen molar-refractivity contribution in [3.05, 3.63) is 12.2 Å². The Hall–Kier alpha value is -0.340. The van der Waals surface area contributed by atoms with Gasteiger partial charge in [-0.15, -0.1) is 0 Å². The molecule has 0 aromatic carbocycles. The molecule has 0 saturated carbocycles. The van der Waals surface area contributed by atoms with Crippen LogP contribution in [0.1, 0.15) is 19.3 Å². The molecule has 0 aliphatic carbocycles. The standard InChI is InChI=1S/C11H19NO/c1(2-11-3-6-12-9-11)10-4-7-13-8-5-10/h1-2,10-12H,3-9H2/b2-1+. The van der Waals surface area contributed by atoms with E-state index < -0.39 is 0 Å². The molecule has 1 N–H and O–H groups in total. The Morgan fingerprint density at radius 1 is 1.00 bits per heavy atom. The SMILES string of the molecule is C(=C\C1CCNC1)/C1CCOCC1. The largest absolute Gasteiger partial charge is 0.381 e. The van der Waals surface area contributed by atoms with Gasteiger partial charge in [0.05, 0.1) is 0 Å². The minimum Gasteiger partial charge on any atom is -0.381 e. The minimum absolute atomic E-state index is 0.786. The Labute approximate surface area is 80.4 Å². The molecule has 74 valence electrons. The second-order valence-electron chi connectivity index (χ2n) is 4.09.